The Hall–Kier alpha value is -1.12. The van der Waals surface area contributed by atoms with E-state index in [1.165, 1.54) is 0 Å². The molecule has 0 saturated heterocycles. The van der Waals surface area contributed by atoms with Crippen LogP contribution in [-0.2, 0) is 13.5 Å². The predicted octanol–water partition coefficient (Wildman–Crippen LogP) is 1.35. The summed E-state index contributed by atoms with van der Waals surface area (Å²) in [5.74, 6) is 0. The van der Waals surface area contributed by atoms with Crippen molar-refractivity contribution in [2.75, 3.05) is 0 Å². The molecule has 0 radical (unpaired) electrons. The maximum absolute atomic E-state index is 11.7. The number of hydrogen-bond acceptors (Lipinski definition) is 2. The number of rotatable bonds is 2. The molecule has 0 saturated carbocycles. The molecule has 72 valence electrons. The smallest absolute Gasteiger partial charge is 0.206 e. The van der Waals surface area contributed by atoms with E-state index in [1.54, 1.807) is 4.68 Å². The van der Waals surface area contributed by atoms with Crippen molar-refractivity contribution < 1.29 is 0 Å². The second-order valence-corrected chi connectivity index (χ2v) is 3.36. The molecule has 3 heteroatoms. The fraction of sp³-hybridized carbons (Fsp3) is 0.600. The monoisotopic (exact) mass is 180 g/mol. The number of aromatic nitrogens is 2. The summed E-state index contributed by atoms with van der Waals surface area (Å²) in [6.07, 6.45) is 1.73. The Bertz CT molecular complexity index is 366. The molecule has 13 heavy (non-hydrogen) atoms. The van der Waals surface area contributed by atoms with Crippen molar-refractivity contribution in [1.82, 2.24) is 9.78 Å². The molecule has 0 aliphatic heterocycles. The molecule has 0 fully saturated rings. The van der Waals surface area contributed by atoms with Gasteiger partial charge in [-0.15, -0.1) is 0 Å². The summed E-state index contributed by atoms with van der Waals surface area (Å²) in [5, 5.41) is 4.23. The van der Waals surface area contributed by atoms with Gasteiger partial charge in [-0.3, -0.25) is 9.48 Å². The van der Waals surface area contributed by atoms with Crippen LogP contribution in [0, 0.1) is 13.8 Å². The maximum Gasteiger partial charge on any atom is 0.206 e. The summed E-state index contributed by atoms with van der Waals surface area (Å²) in [5.41, 5.74) is 2.57. The molecule has 1 aromatic heterocycles. The highest BCUT2D eigenvalue weighted by Gasteiger charge is 2.07. The highest BCUT2D eigenvalue weighted by Crippen LogP contribution is 2.00. The zero-order chi connectivity index (χ0) is 10.0. The third-order valence-corrected chi connectivity index (χ3v) is 2.39. The molecule has 3 nitrogen and oxygen atoms in total. The molecule has 0 unspecified atom stereocenters. The van der Waals surface area contributed by atoms with Crippen molar-refractivity contribution in [2.45, 2.75) is 33.6 Å². The summed E-state index contributed by atoms with van der Waals surface area (Å²) >= 11 is 0. The van der Waals surface area contributed by atoms with Crippen LogP contribution in [0.3, 0.4) is 0 Å². The number of aryl methyl sites for hydroxylation is 2. The van der Waals surface area contributed by atoms with Gasteiger partial charge in [0.05, 0.1) is 0 Å². The molecule has 1 heterocycles. The summed E-state index contributed by atoms with van der Waals surface area (Å²) in [6.45, 7) is 5.83. The van der Waals surface area contributed by atoms with E-state index in [0.29, 0.717) is 5.69 Å². The van der Waals surface area contributed by atoms with Crippen LogP contribution >= 0.6 is 0 Å². The maximum atomic E-state index is 11.7. The van der Waals surface area contributed by atoms with E-state index in [9.17, 15) is 4.79 Å². The van der Waals surface area contributed by atoms with Gasteiger partial charge in [-0.05, 0) is 20.3 Å². The van der Waals surface area contributed by atoms with Crippen molar-refractivity contribution in [1.29, 1.82) is 0 Å². The number of hydrogen-bond donors (Lipinski definition) is 0. The molecule has 0 amide bonds. The molecule has 0 aromatic carbocycles. The fourth-order valence-electron chi connectivity index (χ4n) is 1.33. The minimum Gasteiger partial charge on any atom is -0.287 e. The van der Waals surface area contributed by atoms with Gasteiger partial charge in [0.25, 0.3) is 0 Å². The molecular formula is C10H16N2O. The topological polar surface area (TPSA) is 34.9 Å². The van der Waals surface area contributed by atoms with Crippen LogP contribution in [0.1, 0.15) is 30.3 Å². The average molecular weight is 180 g/mol. The van der Waals surface area contributed by atoms with Crippen LogP contribution in [0.2, 0.25) is 0 Å². The SMILES string of the molecule is CCCc1nn(C)c(C)c(C)c1=O. The second-order valence-electron chi connectivity index (χ2n) is 3.36. The molecule has 1 aromatic rings. The molecule has 0 spiro atoms. The lowest BCUT2D eigenvalue weighted by atomic mass is 10.1. The molecular weight excluding hydrogens is 164 g/mol. The van der Waals surface area contributed by atoms with Gasteiger partial charge in [0.2, 0.25) is 5.43 Å². The third kappa shape index (κ3) is 1.79. The van der Waals surface area contributed by atoms with E-state index in [0.717, 1.165) is 24.1 Å². The minimum absolute atomic E-state index is 0.109. The zero-order valence-corrected chi connectivity index (χ0v) is 8.72. The molecule has 0 atom stereocenters. The lowest BCUT2D eigenvalue weighted by Crippen LogP contribution is -2.21. The molecule has 0 aliphatic rings. The number of nitrogens with zero attached hydrogens (tertiary/aromatic N) is 2. The Morgan fingerprint density at radius 2 is 2.00 bits per heavy atom. The van der Waals surface area contributed by atoms with Crippen molar-refractivity contribution in [3.8, 4) is 0 Å². The second kappa shape index (κ2) is 3.73. The van der Waals surface area contributed by atoms with Gasteiger partial charge in [0, 0.05) is 18.3 Å². The minimum atomic E-state index is 0.109. The zero-order valence-electron chi connectivity index (χ0n) is 8.72. The van der Waals surface area contributed by atoms with Crippen LogP contribution in [0.25, 0.3) is 0 Å². The van der Waals surface area contributed by atoms with E-state index in [1.807, 2.05) is 20.9 Å². The van der Waals surface area contributed by atoms with Crippen LogP contribution < -0.4 is 5.43 Å². The van der Waals surface area contributed by atoms with Crippen LogP contribution in [-0.4, -0.2) is 9.78 Å². The molecule has 0 N–H and O–H groups in total. The summed E-state index contributed by atoms with van der Waals surface area (Å²) in [4.78, 5) is 11.7. The predicted molar refractivity (Wildman–Crippen MR) is 52.9 cm³/mol. The normalized spacial score (nSPS) is 10.5. The third-order valence-electron chi connectivity index (χ3n) is 2.39. The lowest BCUT2D eigenvalue weighted by Gasteiger charge is -2.08. The Morgan fingerprint density at radius 1 is 1.38 bits per heavy atom. The van der Waals surface area contributed by atoms with Gasteiger partial charge in [0.1, 0.15) is 5.69 Å². The quantitative estimate of drug-likeness (QED) is 0.688. The van der Waals surface area contributed by atoms with Crippen molar-refractivity contribution in [3.63, 3.8) is 0 Å². The van der Waals surface area contributed by atoms with Crippen molar-refractivity contribution in [3.05, 3.63) is 27.2 Å². The summed E-state index contributed by atoms with van der Waals surface area (Å²) in [6, 6.07) is 0. The average Bonchev–Trinajstić information content (AvgIpc) is 2.11. The summed E-state index contributed by atoms with van der Waals surface area (Å²) in [7, 11) is 1.88. The van der Waals surface area contributed by atoms with Gasteiger partial charge in [-0.25, -0.2) is 0 Å². The van der Waals surface area contributed by atoms with E-state index < -0.39 is 0 Å². The van der Waals surface area contributed by atoms with Gasteiger partial charge >= 0.3 is 0 Å². The van der Waals surface area contributed by atoms with E-state index in [4.69, 9.17) is 0 Å². The Morgan fingerprint density at radius 3 is 2.54 bits per heavy atom. The molecule has 1 rings (SSSR count). The Kier molecular flexibility index (Phi) is 2.86. The highest BCUT2D eigenvalue weighted by molar-refractivity contribution is 5.19. The first kappa shape index (κ1) is 9.96. The van der Waals surface area contributed by atoms with E-state index in [-0.39, 0.29) is 5.43 Å². The Balaban J connectivity index is 3.33. The van der Waals surface area contributed by atoms with Crippen LogP contribution in [0.4, 0.5) is 0 Å². The van der Waals surface area contributed by atoms with E-state index in [2.05, 4.69) is 12.0 Å². The van der Waals surface area contributed by atoms with Gasteiger partial charge in [-0.1, -0.05) is 13.3 Å². The summed E-state index contributed by atoms with van der Waals surface area (Å²) < 4.78 is 1.78. The van der Waals surface area contributed by atoms with Gasteiger partial charge in [-0.2, -0.15) is 5.10 Å². The van der Waals surface area contributed by atoms with Crippen molar-refractivity contribution in [2.24, 2.45) is 7.05 Å². The van der Waals surface area contributed by atoms with E-state index >= 15 is 0 Å². The van der Waals surface area contributed by atoms with Gasteiger partial charge in [0.15, 0.2) is 0 Å². The molecule has 0 bridgehead atoms. The Labute approximate surface area is 78.4 Å². The largest absolute Gasteiger partial charge is 0.287 e. The van der Waals surface area contributed by atoms with Crippen molar-refractivity contribution >= 4 is 0 Å². The highest BCUT2D eigenvalue weighted by atomic mass is 16.1. The first-order chi connectivity index (χ1) is 6.07. The van der Waals surface area contributed by atoms with Gasteiger partial charge < -0.3 is 0 Å². The lowest BCUT2D eigenvalue weighted by molar-refractivity contribution is 0.659. The van der Waals surface area contributed by atoms with Crippen LogP contribution in [0.5, 0.6) is 0 Å². The standard InChI is InChI=1S/C10H16N2O/c1-5-6-9-10(13)7(2)8(3)12(4)11-9/h5-6H2,1-4H3. The fourth-order valence-corrected chi connectivity index (χ4v) is 1.33. The first-order valence-corrected chi connectivity index (χ1v) is 4.61. The van der Waals surface area contributed by atoms with Crippen LogP contribution in [0.15, 0.2) is 4.79 Å². The first-order valence-electron chi connectivity index (χ1n) is 4.61. The molecule has 0 aliphatic carbocycles.